The Morgan fingerprint density at radius 1 is 1.19 bits per heavy atom. The summed E-state index contributed by atoms with van der Waals surface area (Å²) in [7, 11) is -3.87. The van der Waals surface area contributed by atoms with Gasteiger partial charge in [0.05, 0.1) is 22.4 Å². The van der Waals surface area contributed by atoms with E-state index in [1.54, 1.807) is 44.3 Å². The maximum absolute atomic E-state index is 13.0. The fourth-order valence-electron chi connectivity index (χ4n) is 2.94. The maximum atomic E-state index is 13.0. The summed E-state index contributed by atoms with van der Waals surface area (Å²) >= 11 is 6.19. The van der Waals surface area contributed by atoms with Crippen LogP contribution >= 0.6 is 11.6 Å². The van der Waals surface area contributed by atoms with Crippen molar-refractivity contribution in [3.05, 3.63) is 53.4 Å². The van der Waals surface area contributed by atoms with Crippen LogP contribution in [0.4, 0.5) is 5.82 Å². The molecule has 0 spiro atoms. The molecule has 0 aliphatic heterocycles. The highest BCUT2D eigenvalue weighted by Gasteiger charge is 2.23. The van der Waals surface area contributed by atoms with Crippen LogP contribution in [0, 0.1) is 6.92 Å². The molecule has 8 nitrogen and oxygen atoms in total. The zero-order valence-corrected chi connectivity index (χ0v) is 19.0. The van der Waals surface area contributed by atoms with E-state index in [2.05, 4.69) is 19.7 Å². The van der Waals surface area contributed by atoms with Crippen molar-refractivity contribution in [2.75, 3.05) is 12.3 Å². The molecule has 3 aromatic rings. The number of anilines is 1. The molecule has 31 heavy (non-hydrogen) atoms. The molecule has 164 valence electrons. The van der Waals surface area contributed by atoms with Gasteiger partial charge in [-0.3, -0.25) is 0 Å². The third kappa shape index (κ3) is 5.56. The zero-order valence-electron chi connectivity index (χ0n) is 17.4. The molecule has 0 bridgehead atoms. The minimum absolute atomic E-state index is 0.0520. The second-order valence-electron chi connectivity index (χ2n) is 7.79. The molecule has 0 saturated heterocycles. The number of nitrogens with zero attached hydrogens (tertiary/aromatic N) is 3. The summed E-state index contributed by atoms with van der Waals surface area (Å²) in [5.74, 6) is 0.152. The van der Waals surface area contributed by atoms with Gasteiger partial charge in [-0.05, 0) is 51.5 Å². The molecule has 0 radical (unpaired) electrons. The van der Waals surface area contributed by atoms with Crippen molar-refractivity contribution in [1.82, 2.24) is 19.7 Å². The third-order valence-corrected chi connectivity index (χ3v) is 6.36. The standard InChI is InChI=1S/C21H24ClN5O3S/c1-13-6-7-17(31(29,30)26-10-8-21(2,3)28)15(11-13)16-12-25-20(23)18(27-16)14-5-4-9-24-19(14)22/h4-7,9,11-12,26,28H,8,10H2,1-3H3,(H2,23,25). The van der Waals surface area contributed by atoms with E-state index in [-0.39, 0.29) is 28.8 Å². The van der Waals surface area contributed by atoms with E-state index in [9.17, 15) is 13.5 Å². The van der Waals surface area contributed by atoms with Crippen LogP contribution < -0.4 is 10.5 Å². The average molecular weight is 462 g/mol. The Kier molecular flexibility index (Phi) is 6.61. The van der Waals surface area contributed by atoms with E-state index in [1.165, 1.54) is 12.3 Å². The number of hydrogen-bond acceptors (Lipinski definition) is 7. The number of nitrogens with one attached hydrogen (secondary N) is 1. The molecular formula is C21H24ClN5O3S. The lowest BCUT2D eigenvalue weighted by Crippen LogP contribution is -2.31. The van der Waals surface area contributed by atoms with Gasteiger partial charge in [0, 0.05) is 23.9 Å². The van der Waals surface area contributed by atoms with Crippen LogP contribution in [0.2, 0.25) is 5.15 Å². The Morgan fingerprint density at radius 2 is 1.94 bits per heavy atom. The van der Waals surface area contributed by atoms with Gasteiger partial charge in [-0.25, -0.2) is 28.1 Å². The molecule has 0 unspecified atom stereocenters. The lowest BCUT2D eigenvalue weighted by molar-refractivity contribution is 0.0728. The van der Waals surface area contributed by atoms with Crippen molar-refractivity contribution in [3.8, 4) is 22.5 Å². The minimum atomic E-state index is -3.87. The van der Waals surface area contributed by atoms with Gasteiger partial charge in [0.1, 0.15) is 16.7 Å². The van der Waals surface area contributed by atoms with Gasteiger partial charge in [0.15, 0.2) is 0 Å². The van der Waals surface area contributed by atoms with Gasteiger partial charge in [0.25, 0.3) is 0 Å². The lowest BCUT2D eigenvalue weighted by atomic mass is 10.1. The zero-order chi connectivity index (χ0) is 22.8. The van der Waals surface area contributed by atoms with E-state index in [1.807, 2.05) is 6.92 Å². The smallest absolute Gasteiger partial charge is 0.241 e. The number of aromatic nitrogens is 3. The van der Waals surface area contributed by atoms with Crippen molar-refractivity contribution in [2.45, 2.75) is 37.7 Å². The molecular weight excluding hydrogens is 438 g/mol. The topological polar surface area (TPSA) is 131 Å². The van der Waals surface area contributed by atoms with Crippen molar-refractivity contribution < 1.29 is 13.5 Å². The molecule has 4 N–H and O–H groups in total. The van der Waals surface area contributed by atoms with Crippen LogP contribution in [0.25, 0.3) is 22.5 Å². The van der Waals surface area contributed by atoms with Crippen LogP contribution in [0.1, 0.15) is 25.8 Å². The number of pyridine rings is 1. The molecule has 0 atom stereocenters. The largest absolute Gasteiger partial charge is 0.390 e. The Morgan fingerprint density at radius 3 is 2.61 bits per heavy atom. The van der Waals surface area contributed by atoms with E-state index in [0.29, 0.717) is 22.5 Å². The molecule has 2 aromatic heterocycles. The fraction of sp³-hybridized carbons (Fsp3) is 0.286. The predicted molar refractivity (Wildman–Crippen MR) is 121 cm³/mol. The maximum Gasteiger partial charge on any atom is 0.241 e. The normalized spacial score (nSPS) is 12.2. The number of aliphatic hydroxyl groups is 1. The van der Waals surface area contributed by atoms with Crippen LogP contribution in [-0.4, -0.2) is 40.6 Å². The number of rotatable bonds is 7. The van der Waals surface area contributed by atoms with E-state index < -0.39 is 15.6 Å². The Balaban J connectivity index is 2.07. The molecule has 10 heteroatoms. The summed E-state index contributed by atoms with van der Waals surface area (Å²) < 4.78 is 28.5. The second-order valence-corrected chi connectivity index (χ2v) is 9.88. The van der Waals surface area contributed by atoms with Crippen molar-refractivity contribution in [1.29, 1.82) is 0 Å². The predicted octanol–water partition coefficient (Wildman–Crippen LogP) is 3.19. The first-order valence-corrected chi connectivity index (χ1v) is 11.4. The average Bonchev–Trinajstić information content (AvgIpc) is 2.67. The number of nitrogen functional groups attached to an aromatic ring is 1. The Hall–Kier alpha value is -2.59. The minimum Gasteiger partial charge on any atom is -0.390 e. The number of hydrogen-bond donors (Lipinski definition) is 3. The molecule has 0 aliphatic carbocycles. The summed E-state index contributed by atoms with van der Waals surface area (Å²) in [6.45, 7) is 5.18. The highest BCUT2D eigenvalue weighted by Crippen LogP contribution is 2.32. The molecule has 3 rings (SSSR count). The third-order valence-electron chi connectivity index (χ3n) is 4.54. The lowest BCUT2D eigenvalue weighted by Gasteiger charge is -2.18. The highest BCUT2D eigenvalue weighted by atomic mass is 35.5. The number of sulfonamides is 1. The molecule has 2 heterocycles. The molecule has 0 aliphatic rings. The first-order chi connectivity index (χ1) is 14.5. The number of nitrogens with two attached hydrogens (primary N) is 1. The van der Waals surface area contributed by atoms with E-state index >= 15 is 0 Å². The van der Waals surface area contributed by atoms with Crippen molar-refractivity contribution in [2.24, 2.45) is 0 Å². The molecule has 0 fully saturated rings. The highest BCUT2D eigenvalue weighted by molar-refractivity contribution is 7.89. The van der Waals surface area contributed by atoms with Crippen molar-refractivity contribution >= 4 is 27.4 Å². The monoisotopic (exact) mass is 461 g/mol. The number of benzene rings is 1. The summed E-state index contributed by atoms with van der Waals surface area (Å²) in [6.07, 6.45) is 3.23. The fourth-order valence-corrected chi connectivity index (χ4v) is 4.37. The molecule has 1 aromatic carbocycles. The van der Waals surface area contributed by atoms with E-state index in [0.717, 1.165) is 5.56 Å². The van der Waals surface area contributed by atoms with Gasteiger partial charge < -0.3 is 10.8 Å². The summed E-state index contributed by atoms with van der Waals surface area (Å²) in [5.41, 5.74) is 7.40. The van der Waals surface area contributed by atoms with Crippen molar-refractivity contribution in [3.63, 3.8) is 0 Å². The van der Waals surface area contributed by atoms with Gasteiger partial charge >= 0.3 is 0 Å². The second kappa shape index (κ2) is 8.88. The summed E-state index contributed by atoms with van der Waals surface area (Å²) in [4.78, 5) is 12.9. The quantitative estimate of drug-likeness (QED) is 0.460. The van der Waals surface area contributed by atoms with Crippen LogP contribution in [-0.2, 0) is 10.0 Å². The summed E-state index contributed by atoms with van der Waals surface area (Å²) in [5, 5.41) is 10.1. The summed E-state index contributed by atoms with van der Waals surface area (Å²) in [6, 6.07) is 8.36. The van der Waals surface area contributed by atoms with Crippen LogP contribution in [0.3, 0.4) is 0 Å². The Bertz CT molecular complexity index is 1210. The SMILES string of the molecule is Cc1ccc(S(=O)(=O)NCCC(C)(C)O)c(-c2cnc(N)c(-c3cccnc3Cl)n2)c1. The van der Waals surface area contributed by atoms with Gasteiger partial charge in [-0.1, -0.05) is 23.2 Å². The van der Waals surface area contributed by atoms with Gasteiger partial charge in [-0.15, -0.1) is 0 Å². The molecule has 0 saturated carbocycles. The number of aryl methyl sites for hydroxylation is 1. The van der Waals surface area contributed by atoms with Crippen LogP contribution in [0.15, 0.2) is 47.6 Å². The van der Waals surface area contributed by atoms with Crippen LogP contribution in [0.5, 0.6) is 0 Å². The Labute approximate surface area is 186 Å². The number of halogens is 1. The van der Waals surface area contributed by atoms with Gasteiger partial charge in [-0.2, -0.15) is 0 Å². The first kappa shape index (κ1) is 23.1. The first-order valence-electron chi connectivity index (χ1n) is 9.54. The van der Waals surface area contributed by atoms with E-state index in [4.69, 9.17) is 17.3 Å². The van der Waals surface area contributed by atoms with Gasteiger partial charge in [0.2, 0.25) is 10.0 Å². The molecule has 0 amide bonds.